The molecule has 1 saturated carbocycles. The first-order valence-corrected chi connectivity index (χ1v) is 7.72. The summed E-state index contributed by atoms with van der Waals surface area (Å²) in [5, 5.41) is 16.7. The van der Waals surface area contributed by atoms with Gasteiger partial charge in [-0.25, -0.2) is 9.67 Å². The van der Waals surface area contributed by atoms with E-state index in [1.54, 1.807) is 0 Å². The zero-order valence-corrected chi connectivity index (χ0v) is 12.6. The molecule has 0 radical (unpaired) electrons. The summed E-state index contributed by atoms with van der Waals surface area (Å²) in [6, 6.07) is 0.430. The van der Waals surface area contributed by atoms with Gasteiger partial charge in [0.25, 0.3) is 0 Å². The molecule has 1 aliphatic carbocycles. The quantitative estimate of drug-likeness (QED) is 0.896. The van der Waals surface area contributed by atoms with Crippen LogP contribution >= 0.6 is 0 Å². The molecule has 0 aromatic carbocycles. The van der Waals surface area contributed by atoms with E-state index in [0.717, 1.165) is 49.2 Å². The van der Waals surface area contributed by atoms with Crippen LogP contribution in [-0.2, 0) is 26.6 Å². The van der Waals surface area contributed by atoms with Crippen LogP contribution < -0.4 is 5.32 Å². The molecular formula is C14H21N7. The molecule has 0 bridgehead atoms. The lowest BCUT2D eigenvalue weighted by molar-refractivity contribution is 0.353. The fourth-order valence-corrected chi connectivity index (χ4v) is 3.06. The Morgan fingerprint density at radius 3 is 2.90 bits per heavy atom. The van der Waals surface area contributed by atoms with E-state index < -0.39 is 0 Å². The molecular weight excluding hydrogens is 266 g/mol. The van der Waals surface area contributed by atoms with Gasteiger partial charge >= 0.3 is 0 Å². The summed E-state index contributed by atoms with van der Waals surface area (Å²) in [7, 11) is 2.07. The van der Waals surface area contributed by atoms with Crippen LogP contribution in [0.15, 0.2) is 0 Å². The number of aromatic nitrogens is 6. The van der Waals surface area contributed by atoms with Gasteiger partial charge in [0.1, 0.15) is 23.3 Å². The second-order valence-electron chi connectivity index (χ2n) is 6.18. The van der Waals surface area contributed by atoms with E-state index in [2.05, 4.69) is 37.2 Å². The van der Waals surface area contributed by atoms with Crippen molar-refractivity contribution in [1.82, 2.24) is 34.8 Å². The van der Waals surface area contributed by atoms with E-state index in [1.807, 2.05) is 11.6 Å². The lowest BCUT2D eigenvalue weighted by Crippen LogP contribution is -2.38. The van der Waals surface area contributed by atoms with Crippen molar-refractivity contribution in [1.29, 1.82) is 0 Å². The fourth-order valence-electron chi connectivity index (χ4n) is 3.06. The Hall–Kier alpha value is -1.76. The predicted molar refractivity (Wildman–Crippen MR) is 76.7 cm³/mol. The Balaban J connectivity index is 1.39. The van der Waals surface area contributed by atoms with Crippen LogP contribution in [-0.4, -0.2) is 35.6 Å². The Kier molecular flexibility index (Phi) is 3.02. The third-order valence-electron chi connectivity index (χ3n) is 4.45. The van der Waals surface area contributed by atoms with Gasteiger partial charge in [-0.05, 0) is 26.2 Å². The molecule has 2 aromatic heterocycles. The van der Waals surface area contributed by atoms with Crippen LogP contribution in [0.4, 0.5) is 0 Å². The molecule has 4 rings (SSSR count). The highest BCUT2D eigenvalue weighted by molar-refractivity contribution is 5.08. The largest absolute Gasteiger partial charge is 0.317 e. The third-order valence-corrected chi connectivity index (χ3v) is 4.45. The van der Waals surface area contributed by atoms with Crippen molar-refractivity contribution in [2.75, 3.05) is 0 Å². The zero-order chi connectivity index (χ0) is 14.4. The summed E-state index contributed by atoms with van der Waals surface area (Å²) in [4.78, 5) is 4.45. The van der Waals surface area contributed by atoms with E-state index in [4.69, 9.17) is 0 Å². The van der Waals surface area contributed by atoms with Crippen LogP contribution in [0.25, 0.3) is 0 Å². The van der Waals surface area contributed by atoms with Crippen molar-refractivity contribution < 1.29 is 0 Å². The van der Waals surface area contributed by atoms with E-state index in [9.17, 15) is 0 Å². The van der Waals surface area contributed by atoms with Gasteiger partial charge in [0.05, 0.1) is 13.1 Å². The lowest BCUT2D eigenvalue weighted by atomic mass is 10.1. The average Bonchev–Trinajstić information content (AvgIpc) is 3.14. The summed E-state index contributed by atoms with van der Waals surface area (Å²) in [6.45, 7) is 3.61. The maximum Gasteiger partial charge on any atom is 0.147 e. The molecule has 2 aromatic rings. The van der Waals surface area contributed by atoms with E-state index in [-0.39, 0.29) is 0 Å². The van der Waals surface area contributed by atoms with Gasteiger partial charge in [-0.3, -0.25) is 0 Å². The fraction of sp³-hybridized carbons (Fsp3) is 0.714. The summed E-state index contributed by atoms with van der Waals surface area (Å²) in [5.74, 6) is 4.79. The number of rotatable bonds is 4. The first kappa shape index (κ1) is 12.9. The molecule has 1 aliphatic heterocycles. The van der Waals surface area contributed by atoms with Crippen LogP contribution in [0.1, 0.15) is 48.5 Å². The van der Waals surface area contributed by atoms with Gasteiger partial charge < -0.3 is 9.88 Å². The van der Waals surface area contributed by atoms with Gasteiger partial charge in [0, 0.05) is 25.4 Å². The number of nitrogens with zero attached hydrogens (tertiary/aromatic N) is 6. The molecule has 1 fully saturated rings. The lowest BCUT2D eigenvalue weighted by Gasteiger charge is -2.23. The molecule has 3 heterocycles. The van der Waals surface area contributed by atoms with Gasteiger partial charge in [0.15, 0.2) is 0 Å². The normalized spacial score (nSPS) is 21.5. The van der Waals surface area contributed by atoms with Gasteiger partial charge in [-0.15, -0.1) is 10.2 Å². The molecule has 1 atom stereocenters. The van der Waals surface area contributed by atoms with Crippen molar-refractivity contribution in [3.63, 3.8) is 0 Å². The van der Waals surface area contributed by atoms with Crippen LogP contribution in [0.5, 0.6) is 0 Å². The Morgan fingerprint density at radius 2 is 2.10 bits per heavy atom. The van der Waals surface area contributed by atoms with Crippen molar-refractivity contribution in [2.45, 2.75) is 57.7 Å². The van der Waals surface area contributed by atoms with E-state index in [0.29, 0.717) is 12.0 Å². The van der Waals surface area contributed by atoms with Crippen molar-refractivity contribution >= 4 is 0 Å². The molecule has 112 valence electrons. The Morgan fingerprint density at radius 1 is 1.24 bits per heavy atom. The van der Waals surface area contributed by atoms with E-state index >= 15 is 0 Å². The second-order valence-corrected chi connectivity index (χ2v) is 6.18. The molecule has 21 heavy (non-hydrogen) atoms. The van der Waals surface area contributed by atoms with Gasteiger partial charge in [0.2, 0.25) is 0 Å². The predicted octanol–water partition coefficient (Wildman–Crippen LogP) is 0.697. The van der Waals surface area contributed by atoms with Crippen LogP contribution in [0, 0.1) is 6.92 Å². The summed E-state index contributed by atoms with van der Waals surface area (Å²) >= 11 is 0. The Bertz CT molecular complexity index is 652. The monoisotopic (exact) mass is 287 g/mol. The molecule has 0 spiro atoms. The highest BCUT2D eigenvalue weighted by Crippen LogP contribution is 2.38. The Labute approximate surface area is 123 Å². The SMILES string of the molecule is Cc1nc2n(n1)CC(NCc1nnc(C3CC3)n1C)CC2. The minimum Gasteiger partial charge on any atom is -0.317 e. The smallest absolute Gasteiger partial charge is 0.147 e. The van der Waals surface area contributed by atoms with Crippen molar-refractivity contribution in [2.24, 2.45) is 7.05 Å². The number of fused-ring (bicyclic) bond motifs is 1. The number of hydrogen-bond acceptors (Lipinski definition) is 5. The minimum absolute atomic E-state index is 0.430. The maximum atomic E-state index is 4.45. The molecule has 7 nitrogen and oxygen atoms in total. The molecule has 2 aliphatic rings. The minimum atomic E-state index is 0.430. The van der Waals surface area contributed by atoms with Crippen molar-refractivity contribution in [3.8, 4) is 0 Å². The average molecular weight is 287 g/mol. The number of nitrogens with one attached hydrogen (secondary N) is 1. The molecule has 1 N–H and O–H groups in total. The summed E-state index contributed by atoms with van der Waals surface area (Å²) in [6.07, 6.45) is 4.61. The summed E-state index contributed by atoms with van der Waals surface area (Å²) in [5.41, 5.74) is 0. The second kappa shape index (κ2) is 4.91. The van der Waals surface area contributed by atoms with Crippen LogP contribution in [0.2, 0.25) is 0 Å². The van der Waals surface area contributed by atoms with E-state index in [1.165, 1.54) is 12.8 Å². The first-order chi connectivity index (χ1) is 10.2. The standard InChI is InChI=1S/C14H21N7/c1-9-16-12-6-5-11(8-21(12)19-9)15-7-13-17-18-14(20(13)2)10-3-4-10/h10-11,15H,3-8H2,1-2H3. The highest BCUT2D eigenvalue weighted by atomic mass is 15.4. The molecule has 7 heteroatoms. The topological polar surface area (TPSA) is 73.5 Å². The van der Waals surface area contributed by atoms with Gasteiger partial charge in [-0.1, -0.05) is 0 Å². The number of aryl methyl sites for hydroxylation is 2. The molecule has 0 saturated heterocycles. The van der Waals surface area contributed by atoms with Gasteiger partial charge in [-0.2, -0.15) is 5.10 Å². The maximum absolute atomic E-state index is 4.45. The third kappa shape index (κ3) is 2.46. The van der Waals surface area contributed by atoms with Crippen LogP contribution in [0.3, 0.4) is 0 Å². The molecule has 0 amide bonds. The first-order valence-electron chi connectivity index (χ1n) is 7.72. The summed E-state index contributed by atoms with van der Waals surface area (Å²) < 4.78 is 4.18. The molecule has 1 unspecified atom stereocenters. The number of hydrogen-bond donors (Lipinski definition) is 1. The van der Waals surface area contributed by atoms with Crippen molar-refractivity contribution in [3.05, 3.63) is 23.3 Å². The zero-order valence-electron chi connectivity index (χ0n) is 12.6. The highest BCUT2D eigenvalue weighted by Gasteiger charge is 2.29.